The molecule has 3 heteroatoms. The Morgan fingerprint density at radius 1 is 1.33 bits per heavy atom. The van der Waals surface area contributed by atoms with E-state index in [2.05, 4.69) is 9.88 Å². The monoisotopic (exact) mass is 208 g/mol. The van der Waals surface area contributed by atoms with Crippen LogP contribution in [0.2, 0.25) is 0 Å². The average molecular weight is 208 g/mol. The summed E-state index contributed by atoms with van der Waals surface area (Å²) in [4.78, 5) is 6.10. The van der Waals surface area contributed by atoms with E-state index in [0.29, 0.717) is 12.5 Å². The predicted molar refractivity (Wildman–Crippen MR) is 61.4 cm³/mol. The Bertz CT molecular complexity index is 274. The van der Waals surface area contributed by atoms with Gasteiger partial charge in [0.1, 0.15) is 0 Å². The van der Waals surface area contributed by atoms with E-state index in [0.717, 1.165) is 6.54 Å². The van der Waals surface area contributed by atoms with E-state index in [-0.39, 0.29) is 6.10 Å². The van der Waals surface area contributed by atoms with Crippen LogP contribution in [0.15, 0.2) is 24.5 Å². The van der Waals surface area contributed by atoms with E-state index in [1.807, 2.05) is 33.0 Å². The molecule has 0 saturated heterocycles. The van der Waals surface area contributed by atoms with Gasteiger partial charge in [0.15, 0.2) is 0 Å². The number of rotatable bonds is 5. The zero-order valence-electron chi connectivity index (χ0n) is 9.72. The van der Waals surface area contributed by atoms with Crippen LogP contribution in [0.5, 0.6) is 0 Å². The summed E-state index contributed by atoms with van der Waals surface area (Å²) < 4.78 is 0. The second kappa shape index (κ2) is 5.83. The summed E-state index contributed by atoms with van der Waals surface area (Å²) in [5, 5.41) is 9.72. The third kappa shape index (κ3) is 4.40. The number of aliphatic hydroxyl groups is 1. The number of aromatic nitrogens is 1. The van der Waals surface area contributed by atoms with Crippen molar-refractivity contribution in [1.82, 2.24) is 9.88 Å². The van der Waals surface area contributed by atoms with Gasteiger partial charge in [-0.3, -0.25) is 9.88 Å². The van der Waals surface area contributed by atoms with E-state index >= 15 is 0 Å². The molecule has 1 heterocycles. The van der Waals surface area contributed by atoms with Crippen molar-refractivity contribution in [3.8, 4) is 0 Å². The van der Waals surface area contributed by atoms with Gasteiger partial charge in [-0.1, -0.05) is 13.8 Å². The molecule has 0 fully saturated rings. The maximum Gasteiger partial charge on any atom is 0.0689 e. The molecule has 84 valence electrons. The normalized spacial score (nSPS) is 13.5. The number of hydrogen-bond donors (Lipinski definition) is 1. The second-order valence-electron chi connectivity index (χ2n) is 4.36. The van der Waals surface area contributed by atoms with Crippen LogP contribution >= 0.6 is 0 Å². The molecule has 0 bridgehead atoms. The molecule has 0 aliphatic carbocycles. The van der Waals surface area contributed by atoms with Crippen LogP contribution in [0.1, 0.15) is 19.4 Å². The second-order valence-corrected chi connectivity index (χ2v) is 4.36. The van der Waals surface area contributed by atoms with Gasteiger partial charge in [-0.05, 0) is 30.7 Å². The first kappa shape index (κ1) is 12.1. The Kier molecular flexibility index (Phi) is 4.72. The van der Waals surface area contributed by atoms with Gasteiger partial charge in [0.25, 0.3) is 0 Å². The van der Waals surface area contributed by atoms with Gasteiger partial charge in [-0.15, -0.1) is 0 Å². The molecule has 1 N–H and O–H groups in total. The summed E-state index contributed by atoms with van der Waals surface area (Å²) in [6, 6.07) is 4.00. The highest BCUT2D eigenvalue weighted by Gasteiger charge is 2.11. The fraction of sp³-hybridized carbons (Fsp3) is 0.583. The number of nitrogens with zero attached hydrogens (tertiary/aromatic N) is 2. The van der Waals surface area contributed by atoms with Gasteiger partial charge in [-0.2, -0.15) is 0 Å². The van der Waals surface area contributed by atoms with E-state index in [1.165, 1.54) is 5.56 Å². The zero-order valence-corrected chi connectivity index (χ0v) is 9.72. The maximum atomic E-state index is 9.72. The Morgan fingerprint density at radius 3 is 2.47 bits per heavy atom. The Labute approximate surface area is 91.8 Å². The van der Waals surface area contributed by atoms with E-state index < -0.39 is 0 Å². The summed E-state index contributed by atoms with van der Waals surface area (Å²) in [6.07, 6.45) is 3.33. The summed E-state index contributed by atoms with van der Waals surface area (Å²) in [7, 11) is 2.02. The molecule has 0 aliphatic rings. The summed E-state index contributed by atoms with van der Waals surface area (Å²) >= 11 is 0. The highest BCUT2D eigenvalue weighted by atomic mass is 16.3. The number of hydrogen-bond acceptors (Lipinski definition) is 3. The smallest absolute Gasteiger partial charge is 0.0689 e. The van der Waals surface area contributed by atoms with Crippen LogP contribution in [0, 0.1) is 5.92 Å². The fourth-order valence-electron chi connectivity index (χ4n) is 1.39. The van der Waals surface area contributed by atoms with E-state index in [9.17, 15) is 5.11 Å². The SMILES string of the molecule is CC(C)C(O)CN(C)Cc1ccncc1. The quantitative estimate of drug-likeness (QED) is 0.797. The van der Waals surface area contributed by atoms with Crippen LogP contribution in [-0.2, 0) is 6.54 Å². The molecule has 0 saturated carbocycles. The van der Waals surface area contributed by atoms with Crippen molar-refractivity contribution in [2.24, 2.45) is 5.92 Å². The van der Waals surface area contributed by atoms with Gasteiger partial charge in [0, 0.05) is 25.5 Å². The molecule has 0 aliphatic heterocycles. The Hall–Kier alpha value is -0.930. The minimum Gasteiger partial charge on any atom is -0.392 e. The molecule has 1 atom stereocenters. The molecular weight excluding hydrogens is 188 g/mol. The predicted octanol–water partition coefficient (Wildman–Crippen LogP) is 1.53. The van der Waals surface area contributed by atoms with Crippen LogP contribution in [-0.4, -0.2) is 34.7 Å². The van der Waals surface area contributed by atoms with E-state index in [4.69, 9.17) is 0 Å². The maximum absolute atomic E-state index is 9.72. The highest BCUT2D eigenvalue weighted by Crippen LogP contribution is 2.06. The van der Waals surface area contributed by atoms with Gasteiger partial charge < -0.3 is 5.11 Å². The Balaban J connectivity index is 2.39. The third-order valence-corrected chi connectivity index (χ3v) is 2.47. The Morgan fingerprint density at radius 2 is 1.93 bits per heavy atom. The van der Waals surface area contributed by atoms with Crippen molar-refractivity contribution < 1.29 is 5.11 Å². The topological polar surface area (TPSA) is 36.4 Å². The minimum absolute atomic E-state index is 0.253. The molecular formula is C12H20N2O. The third-order valence-electron chi connectivity index (χ3n) is 2.47. The van der Waals surface area contributed by atoms with Gasteiger partial charge >= 0.3 is 0 Å². The molecule has 15 heavy (non-hydrogen) atoms. The lowest BCUT2D eigenvalue weighted by molar-refractivity contribution is 0.0838. The lowest BCUT2D eigenvalue weighted by Crippen LogP contribution is -2.31. The first-order valence-electron chi connectivity index (χ1n) is 5.35. The minimum atomic E-state index is -0.253. The lowest BCUT2D eigenvalue weighted by Gasteiger charge is -2.22. The average Bonchev–Trinajstić information content (AvgIpc) is 2.18. The zero-order chi connectivity index (χ0) is 11.3. The van der Waals surface area contributed by atoms with Crippen LogP contribution in [0.4, 0.5) is 0 Å². The van der Waals surface area contributed by atoms with Crippen LogP contribution < -0.4 is 0 Å². The van der Waals surface area contributed by atoms with Gasteiger partial charge in [-0.25, -0.2) is 0 Å². The summed E-state index contributed by atoms with van der Waals surface area (Å²) in [6.45, 7) is 5.63. The van der Waals surface area contributed by atoms with Crippen molar-refractivity contribution in [1.29, 1.82) is 0 Å². The standard InChI is InChI=1S/C12H20N2O/c1-10(2)12(15)9-14(3)8-11-4-6-13-7-5-11/h4-7,10,12,15H,8-9H2,1-3H3. The van der Waals surface area contributed by atoms with E-state index in [1.54, 1.807) is 12.4 Å². The van der Waals surface area contributed by atoms with Crippen molar-refractivity contribution in [3.05, 3.63) is 30.1 Å². The molecule has 1 aromatic heterocycles. The van der Waals surface area contributed by atoms with Crippen molar-refractivity contribution in [2.75, 3.05) is 13.6 Å². The molecule has 1 rings (SSSR count). The molecule has 0 amide bonds. The van der Waals surface area contributed by atoms with Gasteiger partial charge in [0.2, 0.25) is 0 Å². The number of likely N-dealkylation sites (N-methyl/N-ethyl adjacent to an activating group) is 1. The molecule has 0 aromatic carbocycles. The molecule has 1 aromatic rings. The first-order chi connectivity index (χ1) is 7.09. The molecule has 1 unspecified atom stereocenters. The van der Waals surface area contributed by atoms with Crippen molar-refractivity contribution >= 4 is 0 Å². The first-order valence-corrected chi connectivity index (χ1v) is 5.35. The molecule has 3 nitrogen and oxygen atoms in total. The fourth-order valence-corrected chi connectivity index (χ4v) is 1.39. The van der Waals surface area contributed by atoms with Gasteiger partial charge in [0.05, 0.1) is 6.10 Å². The number of aliphatic hydroxyl groups excluding tert-OH is 1. The summed E-state index contributed by atoms with van der Waals surface area (Å²) in [5.74, 6) is 0.310. The summed E-state index contributed by atoms with van der Waals surface area (Å²) in [5.41, 5.74) is 1.23. The van der Waals surface area contributed by atoms with Crippen LogP contribution in [0.25, 0.3) is 0 Å². The van der Waals surface area contributed by atoms with Crippen molar-refractivity contribution in [2.45, 2.75) is 26.5 Å². The molecule has 0 spiro atoms. The number of pyridine rings is 1. The largest absolute Gasteiger partial charge is 0.392 e. The highest BCUT2D eigenvalue weighted by molar-refractivity contribution is 5.09. The van der Waals surface area contributed by atoms with Crippen molar-refractivity contribution in [3.63, 3.8) is 0 Å². The molecule has 0 radical (unpaired) electrons. The lowest BCUT2D eigenvalue weighted by atomic mass is 10.1. The van der Waals surface area contributed by atoms with Crippen LogP contribution in [0.3, 0.4) is 0 Å².